The van der Waals surface area contributed by atoms with Crippen LogP contribution in [0.1, 0.15) is 69.1 Å². The van der Waals surface area contributed by atoms with Gasteiger partial charge in [-0.1, -0.05) is 43.7 Å². The fourth-order valence-corrected chi connectivity index (χ4v) is 4.40. The Bertz CT molecular complexity index is 737. The van der Waals surface area contributed by atoms with Crippen LogP contribution in [0, 0.1) is 0 Å². The number of ether oxygens (including phenoxy) is 2. The van der Waals surface area contributed by atoms with Crippen molar-refractivity contribution in [3.05, 3.63) is 59.7 Å². The molecular weight excluding hydrogens is 346 g/mol. The summed E-state index contributed by atoms with van der Waals surface area (Å²) in [5, 5.41) is 3.69. The van der Waals surface area contributed by atoms with Crippen LogP contribution in [0.4, 0.5) is 0 Å². The highest BCUT2D eigenvalue weighted by Crippen LogP contribution is 2.37. The predicted octanol–water partition coefficient (Wildman–Crippen LogP) is 5.83. The van der Waals surface area contributed by atoms with Gasteiger partial charge in [-0.25, -0.2) is 0 Å². The summed E-state index contributed by atoms with van der Waals surface area (Å²) in [4.78, 5) is 0. The number of aryl methyl sites for hydroxylation is 1. The number of unbranched alkanes of at least 4 members (excludes halogenated alkanes) is 1. The molecule has 1 aliphatic carbocycles. The molecule has 1 fully saturated rings. The van der Waals surface area contributed by atoms with E-state index in [1.807, 2.05) is 0 Å². The fourth-order valence-electron chi connectivity index (χ4n) is 4.40. The molecular formula is C25H33NO2. The lowest BCUT2D eigenvalue weighted by Gasteiger charge is -2.30. The summed E-state index contributed by atoms with van der Waals surface area (Å²) in [6.07, 6.45) is 9.86. The van der Waals surface area contributed by atoms with Gasteiger partial charge in [0.05, 0.1) is 6.10 Å². The lowest BCUT2D eigenvalue weighted by Crippen LogP contribution is -2.36. The molecule has 0 saturated heterocycles. The molecule has 0 amide bonds. The van der Waals surface area contributed by atoms with Gasteiger partial charge in [0, 0.05) is 6.04 Å². The topological polar surface area (TPSA) is 30.5 Å². The fraction of sp³-hybridized carbons (Fsp3) is 0.520. The van der Waals surface area contributed by atoms with E-state index >= 15 is 0 Å². The van der Waals surface area contributed by atoms with Crippen molar-refractivity contribution in [3.63, 3.8) is 0 Å². The quantitative estimate of drug-likeness (QED) is 0.614. The minimum absolute atomic E-state index is 0.163. The molecule has 4 rings (SSSR count). The lowest BCUT2D eigenvalue weighted by molar-refractivity contribution is 0.138. The molecule has 0 radical (unpaired) electrons. The molecule has 2 aromatic carbocycles. The van der Waals surface area contributed by atoms with Crippen LogP contribution >= 0.6 is 0 Å². The zero-order valence-corrected chi connectivity index (χ0v) is 17.0. The van der Waals surface area contributed by atoms with Crippen molar-refractivity contribution in [1.82, 2.24) is 5.32 Å². The summed E-state index contributed by atoms with van der Waals surface area (Å²) in [6.45, 7) is 3.40. The Labute approximate surface area is 169 Å². The normalized spacial score (nSPS) is 24.2. The van der Waals surface area contributed by atoms with Crippen LogP contribution in [0.15, 0.2) is 48.5 Å². The smallest absolute Gasteiger partial charge is 0.124 e. The Hall–Kier alpha value is -2.00. The van der Waals surface area contributed by atoms with Crippen molar-refractivity contribution in [1.29, 1.82) is 0 Å². The first-order valence-electron chi connectivity index (χ1n) is 11.1. The average Bonchev–Trinajstić information content (AvgIpc) is 2.75. The molecule has 1 aliphatic heterocycles. The minimum atomic E-state index is 0.163. The Morgan fingerprint density at radius 1 is 1.00 bits per heavy atom. The predicted molar refractivity (Wildman–Crippen MR) is 114 cm³/mol. The zero-order chi connectivity index (χ0) is 19.2. The van der Waals surface area contributed by atoms with Crippen molar-refractivity contribution in [2.75, 3.05) is 6.54 Å². The van der Waals surface area contributed by atoms with Gasteiger partial charge in [-0.3, -0.25) is 0 Å². The number of hydrogen-bond donors (Lipinski definition) is 1. The van der Waals surface area contributed by atoms with Gasteiger partial charge in [0.1, 0.15) is 17.6 Å². The number of nitrogens with one attached hydrogen (secondary N) is 1. The van der Waals surface area contributed by atoms with E-state index < -0.39 is 0 Å². The molecule has 0 spiro atoms. The third-order valence-electron chi connectivity index (χ3n) is 6.09. The van der Waals surface area contributed by atoms with E-state index in [1.54, 1.807) is 0 Å². The van der Waals surface area contributed by atoms with Crippen molar-refractivity contribution >= 4 is 0 Å². The third-order valence-corrected chi connectivity index (χ3v) is 6.09. The SMILES string of the molecule is CCCCNC1CCC(Oc2ccc3c(c2)CCC(c2ccccc2)O3)CC1. The highest BCUT2D eigenvalue weighted by Gasteiger charge is 2.24. The van der Waals surface area contributed by atoms with Crippen molar-refractivity contribution in [2.45, 2.75) is 76.5 Å². The molecule has 1 unspecified atom stereocenters. The van der Waals surface area contributed by atoms with E-state index in [0.717, 1.165) is 43.7 Å². The molecule has 2 aromatic rings. The second-order valence-corrected chi connectivity index (χ2v) is 8.22. The molecule has 1 saturated carbocycles. The molecule has 1 atom stereocenters. The van der Waals surface area contributed by atoms with Crippen molar-refractivity contribution < 1.29 is 9.47 Å². The van der Waals surface area contributed by atoms with Gasteiger partial charge in [0.15, 0.2) is 0 Å². The first-order valence-corrected chi connectivity index (χ1v) is 11.1. The summed E-state index contributed by atoms with van der Waals surface area (Å²) in [7, 11) is 0. The Morgan fingerprint density at radius 3 is 2.61 bits per heavy atom. The van der Waals surface area contributed by atoms with Crippen molar-refractivity contribution in [2.24, 2.45) is 0 Å². The molecule has 150 valence electrons. The van der Waals surface area contributed by atoms with Gasteiger partial charge in [-0.15, -0.1) is 0 Å². The summed E-state index contributed by atoms with van der Waals surface area (Å²) in [6, 6.07) is 17.6. The molecule has 3 heteroatoms. The van der Waals surface area contributed by atoms with Gasteiger partial charge < -0.3 is 14.8 Å². The molecule has 1 heterocycles. The van der Waals surface area contributed by atoms with E-state index in [1.165, 1.54) is 36.8 Å². The highest BCUT2D eigenvalue weighted by molar-refractivity contribution is 5.42. The molecule has 28 heavy (non-hydrogen) atoms. The molecule has 0 bridgehead atoms. The number of benzene rings is 2. The van der Waals surface area contributed by atoms with E-state index in [2.05, 4.69) is 60.8 Å². The van der Waals surface area contributed by atoms with Gasteiger partial charge in [-0.2, -0.15) is 0 Å². The van der Waals surface area contributed by atoms with Crippen LogP contribution in [0.25, 0.3) is 0 Å². The monoisotopic (exact) mass is 379 g/mol. The van der Waals surface area contributed by atoms with E-state index in [0.29, 0.717) is 12.1 Å². The Kier molecular flexibility index (Phi) is 6.53. The summed E-state index contributed by atoms with van der Waals surface area (Å²) < 4.78 is 12.6. The van der Waals surface area contributed by atoms with E-state index in [-0.39, 0.29) is 6.10 Å². The maximum atomic E-state index is 6.32. The first kappa shape index (κ1) is 19.3. The van der Waals surface area contributed by atoms with E-state index in [4.69, 9.17) is 9.47 Å². The maximum absolute atomic E-state index is 6.32. The number of hydrogen-bond acceptors (Lipinski definition) is 3. The molecule has 3 nitrogen and oxygen atoms in total. The summed E-state index contributed by atoms with van der Waals surface area (Å²) in [5.74, 6) is 2.01. The third kappa shape index (κ3) is 4.88. The first-order chi connectivity index (χ1) is 13.8. The summed E-state index contributed by atoms with van der Waals surface area (Å²) >= 11 is 0. The zero-order valence-electron chi connectivity index (χ0n) is 17.0. The van der Waals surface area contributed by atoms with Crippen LogP contribution in [0.3, 0.4) is 0 Å². The van der Waals surface area contributed by atoms with Gasteiger partial charge in [0.25, 0.3) is 0 Å². The average molecular weight is 380 g/mol. The molecule has 1 N–H and O–H groups in total. The lowest BCUT2D eigenvalue weighted by atomic mass is 9.92. The number of fused-ring (bicyclic) bond motifs is 1. The van der Waals surface area contributed by atoms with Gasteiger partial charge >= 0.3 is 0 Å². The van der Waals surface area contributed by atoms with Gasteiger partial charge in [-0.05, 0) is 80.8 Å². The maximum Gasteiger partial charge on any atom is 0.124 e. The van der Waals surface area contributed by atoms with Crippen molar-refractivity contribution in [3.8, 4) is 11.5 Å². The second-order valence-electron chi connectivity index (χ2n) is 8.22. The number of rotatable bonds is 7. The van der Waals surface area contributed by atoms with Gasteiger partial charge in [0.2, 0.25) is 0 Å². The van der Waals surface area contributed by atoms with Crippen LogP contribution in [0.5, 0.6) is 11.5 Å². The Morgan fingerprint density at radius 2 is 1.82 bits per heavy atom. The summed E-state index contributed by atoms with van der Waals surface area (Å²) in [5.41, 5.74) is 2.54. The van der Waals surface area contributed by atoms with E-state index in [9.17, 15) is 0 Å². The minimum Gasteiger partial charge on any atom is -0.490 e. The molecule has 0 aromatic heterocycles. The standard InChI is InChI=1S/C25H33NO2/c1-2-3-17-26-21-10-12-22(13-11-21)27-23-14-16-25-20(18-23)9-15-24(28-25)19-7-5-4-6-8-19/h4-8,14,16,18,21-22,24,26H,2-3,9-13,15,17H2,1H3. The van der Waals surface area contributed by atoms with Crippen LogP contribution < -0.4 is 14.8 Å². The largest absolute Gasteiger partial charge is 0.490 e. The highest BCUT2D eigenvalue weighted by atomic mass is 16.5. The van der Waals surface area contributed by atoms with Crippen LogP contribution in [-0.4, -0.2) is 18.7 Å². The van der Waals surface area contributed by atoms with Crippen LogP contribution in [-0.2, 0) is 6.42 Å². The van der Waals surface area contributed by atoms with Crippen LogP contribution in [0.2, 0.25) is 0 Å². The second kappa shape index (κ2) is 9.47. The molecule has 2 aliphatic rings. The Balaban J connectivity index is 1.30.